The number of hydrogen-bond acceptors (Lipinski definition) is 4. The number of aliphatic carboxylic acids is 1. The third-order valence-corrected chi connectivity index (χ3v) is 3.05. The minimum absolute atomic E-state index is 0.214. The van der Waals surface area contributed by atoms with Gasteiger partial charge in [-0.15, -0.1) is 0 Å². The van der Waals surface area contributed by atoms with Gasteiger partial charge in [-0.1, -0.05) is 13.8 Å². The Morgan fingerprint density at radius 2 is 2.12 bits per heavy atom. The van der Waals surface area contributed by atoms with E-state index in [-0.39, 0.29) is 12.5 Å². The number of ether oxygens (including phenoxy) is 1. The molecule has 3 atom stereocenters. The van der Waals surface area contributed by atoms with E-state index in [0.717, 1.165) is 0 Å². The van der Waals surface area contributed by atoms with Crippen LogP contribution >= 0.6 is 0 Å². The molecule has 0 bridgehead atoms. The number of carbonyl (C=O) groups excluding carboxylic acids is 1. The topological polar surface area (TPSA) is 90.6 Å². The van der Waals surface area contributed by atoms with Crippen molar-refractivity contribution in [3.63, 3.8) is 0 Å². The molecule has 6 nitrogen and oxygen atoms in total. The van der Waals surface area contributed by atoms with Gasteiger partial charge in [0.1, 0.15) is 0 Å². The van der Waals surface area contributed by atoms with Crippen LogP contribution in [0, 0.1) is 23.2 Å². The van der Waals surface area contributed by atoms with Crippen LogP contribution in [-0.2, 0) is 14.3 Å². The number of amides is 1. The molecule has 1 aliphatic rings. The van der Waals surface area contributed by atoms with Crippen LogP contribution in [0.4, 0.5) is 0 Å². The van der Waals surface area contributed by atoms with Crippen LogP contribution in [0.1, 0.15) is 13.8 Å². The second-order valence-corrected chi connectivity index (χ2v) is 4.19. The smallest absolute Gasteiger partial charge is 0.307 e. The number of hydrogen-bond donors (Lipinski definition) is 1. The molecule has 0 aromatic carbocycles. The van der Waals surface area contributed by atoms with Crippen LogP contribution < -0.4 is 0 Å². The molecule has 1 N–H and O–H groups in total. The van der Waals surface area contributed by atoms with Crippen molar-refractivity contribution in [2.75, 3.05) is 19.7 Å². The standard InChI is InChI=1S/C11H16N2O4/c1-7(8(2)11(15)16)10(14)13-3-4-17-9(5-12)6-13/h7-9H,3-4,6H2,1-2H3,(H,15,16). The molecule has 1 rings (SSSR count). The molecule has 1 heterocycles. The predicted molar refractivity (Wildman–Crippen MR) is 57.9 cm³/mol. The van der Waals surface area contributed by atoms with E-state index in [1.54, 1.807) is 6.92 Å². The third-order valence-electron chi connectivity index (χ3n) is 3.05. The van der Waals surface area contributed by atoms with Crippen molar-refractivity contribution < 1.29 is 19.4 Å². The molecule has 0 saturated carbocycles. The summed E-state index contributed by atoms with van der Waals surface area (Å²) in [6.07, 6.45) is -0.611. The molecule has 0 aromatic rings. The molecule has 0 radical (unpaired) electrons. The SMILES string of the molecule is CC(C(=O)O)C(C)C(=O)N1CCOC(C#N)C1. The highest BCUT2D eigenvalue weighted by Crippen LogP contribution is 2.16. The summed E-state index contributed by atoms with van der Waals surface area (Å²) in [7, 11) is 0. The van der Waals surface area contributed by atoms with Crippen molar-refractivity contribution in [2.45, 2.75) is 20.0 Å². The molecule has 94 valence electrons. The number of nitriles is 1. The van der Waals surface area contributed by atoms with E-state index in [1.165, 1.54) is 11.8 Å². The van der Waals surface area contributed by atoms with Gasteiger partial charge >= 0.3 is 5.97 Å². The van der Waals surface area contributed by atoms with Gasteiger partial charge in [-0.3, -0.25) is 9.59 Å². The number of carboxylic acids is 1. The van der Waals surface area contributed by atoms with Crippen molar-refractivity contribution in [1.82, 2.24) is 4.90 Å². The first-order valence-electron chi connectivity index (χ1n) is 5.50. The fourth-order valence-corrected chi connectivity index (χ4v) is 1.64. The molecule has 1 fully saturated rings. The van der Waals surface area contributed by atoms with E-state index >= 15 is 0 Å². The van der Waals surface area contributed by atoms with Gasteiger partial charge in [-0.25, -0.2) is 0 Å². The van der Waals surface area contributed by atoms with Crippen molar-refractivity contribution >= 4 is 11.9 Å². The van der Waals surface area contributed by atoms with Crippen LogP contribution in [0.15, 0.2) is 0 Å². The van der Waals surface area contributed by atoms with Crippen LogP contribution in [-0.4, -0.2) is 47.7 Å². The van der Waals surface area contributed by atoms with E-state index in [2.05, 4.69) is 0 Å². The lowest BCUT2D eigenvalue weighted by Crippen LogP contribution is -2.48. The normalized spacial score (nSPS) is 23.6. The summed E-state index contributed by atoms with van der Waals surface area (Å²) in [6.45, 7) is 4.04. The summed E-state index contributed by atoms with van der Waals surface area (Å²) >= 11 is 0. The lowest BCUT2D eigenvalue weighted by Gasteiger charge is -2.32. The predicted octanol–water partition coefficient (Wildman–Crippen LogP) is 0.0942. The number of morpholine rings is 1. The molecule has 1 amide bonds. The summed E-state index contributed by atoms with van der Waals surface area (Å²) in [5.74, 6) is -2.55. The van der Waals surface area contributed by atoms with Crippen LogP contribution in [0.5, 0.6) is 0 Å². The van der Waals surface area contributed by atoms with Gasteiger partial charge in [0.2, 0.25) is 5.91 Å². The monoisotopic (exact) mass is 240 g/mol. The van der Waals surface area contributed by atoms with Crippen molar-refractivity contribution in [2.24, 2.45) is 11.8 Å². The zero-order valence-electron chi connectivity index (χ0n) is 9.92. The van der Waals surface area contributed by atoms with Crippen molar-refractivity contribution in [1.29, 1.82) is 5.26 Å². The van der Waals surface area contributed by atoms with E-state index in [4.69, 9.17) is 15.1 Å². The van der Waals surface area contributed by atoms with Crippen molar-refractivity contribution in [3.8, 4) is 6.07 Å². The van der Waals surface area contributed by atoms with E-state index in [1.807, 2.05) is 6.07 Å². The van der Waals surface area contributed by atoms with E-state index in [0.29, 0.717) is 13.2 Å². The molecule has 1 aliphatic heterocycles. The maximum absolute atomic E-state index is 12.0. The lowest BCUT2D eigenvalue weighted by atomic mass is 9.94. The third kappa shape index (κ3) is 3.17. The number of rotatable bonds is 3. The van der Waals surface area contributed by atoms with Crippen LogP contribution in [0.25, 0.3) is 0 Å². The second-order valence-electron chi connectivity index (χ2n) is 4.19. The Balaban J connectivity index is 2.63. The highest BCUT2D eigenvalue weighted by molar-refractivity contribution is 5.84. The fraction of sp³-hybridized carbons (Fsp3) is 0.727. The van der Waals surface area contributed by atoms with Gasteiger partial charge in [0.25, 0.3) is 0 Å². The average molecular weight is 240 g/mol. The van der Waals surface area contributed by atoms with Crippen LogP contribution in [0.3, 0.4) is 0 Å². The number of carbonyl (C=O) groups is 2. The van der Waals surface area contributed by atoms with Gasteiger partial charge in [0, 0.05) is 12.5 Å². The molecule has 0 spiro atoms. The Labute approximate surface area is 99.8 Å². The quantitative estimate of drug-likeness (QED) is 0.755. The zero-order chi connectivity index (χ0) is 13.0. The molecule has 3 unspecified atom stereocenters. The Morgan fingerprint density at radius 3 is 2.65 bits per heavy atom. The summed E-state index contributed by atoms with van der Waals surface area (Å²) in [5, 5.41) is 17.6. The summed E-state index contributed by atoms with van der Waals surface area (Å²) in [4.78, 5) is 24.3. The van der Waals surface area contributed by atoms with Crippen molar-refractivity contribution in [3.05, 3.63) is 0 Å². The fourth-order valence-electron chi connectivity index (χ4n) is 1.64. The number of nitrogens with zero attached hydrogens (tertiary/aromatic N) is 2. The molecule has 6 heteroatoms. The maximum Gasteiger partial charge on any atom is 0.307 e. The summed E-state index contributed by atoms with van der Waals surface area (Å²) in [6, 6.07) is 1.95. The van der Waals surface area contributed by atoms with Gasteiger partial charge < -0.3 is 14.7 Å². The van der Waals surface area contributed by atoms with E-state index in [9.17, 15) is 9.59 Å². The Hall–Kier alpha value is -1.61. The van der Waals surface area contributed by atoms with Crippen LogP contribution in [0.2, 0.25) is 0 Å². The summed E-state index contributed by atoms with van der Waals surface area (Å²) < 4.78 is 5.12. The molecule has 0 aliphatic carbocycles. The maximum atomic E-state index is 12.0. The Morgan fingerprint density at radius 1 is 1.47 bits per heavy atom. The molecule has 17 heavy (non-hydrogen) atoms. The number of carboxylic acid groups (broad SMARTS) is 1. The largest absolute Gasteiger partial charge is 0.481 e. The summed E-state index contributed by atoms with van der Waals surface area (Å²) in [5.41, 5.74) is 0. The van der Waals surface area contributed by atoms with Gasteiger partial charge in [-0.2, -0.15) is 5.26 Å². The minimum atomic E-state index is -0.990. The van der Waals surface area contributed by atoms with Gasteiger partial charge in [0.05, 0.1) is 25.1 Å². The Kier molecular flexibility index (Phi) is 4.46. The first-order valence-corrected chi connectivity index (χ1v) is 5.50. The molecular formula is C11H16N2O4. The lowest BCUT2D eigenvalue weighted by molar-refractivity contribution is -0.151. The molecular weight excluding hydrogens is 224 g/mol. The van der Waals surface area contributed by atoms with E-state index < -0.39 is 23.9 Å². The average Bonchev–Trinajstić information content (AvgIpc) is 2.36. The van der Waals surface area contributed by atoms with Gasteiger partial charge in [0.15, 0.2) is 6.10 Å². The second kappa shape index (κ2) is 5.64. The Bertz CT molecular complexity index is 350. The minimum Gasteiger partial charge on any atom is -0.481 e. The molecule has 1 saturated heterocycles. The first-order chi connectivity index (χ1) is 7.97. The first kappa shape index (κ1) is 13.5. The van der Waals surface area contributed by atoms with Gasteiger partial charge in [-0.05, 0) is 0 Å². The molecule has 0 aromatic heterocycles. The zero-order valence-corrected chi connectivity index (χ0v) is 9.92. The highest BCUT2D eigenvalue weighted by atomic mass is 16.5. The highest BCUT2D eigenvalue weighted by Gasteiger charge is 2.32.